The first-order valence-corrected chi connectivity index (χ1v) is 9.28. The molecule has 0 spiro atoms. The molecule has 1 aromatic heterocycles. The molecule has 0 fully saturated rings. The number of nitrogens with one attached hydrogen (secondary N) is 1. The Labute approximate surface area is 163 Å². The number of ether oxygens (including phenoxy) is 2. The van der Waals surface area contributed by atoms with Crippen molar-refractivity contribution in [2.75, 3.05) is 6.61 Å². The Morgan fingerprint density at radius 1 is 1.37 bits per heavy atom. The van der Waals surface area contributed by atoms with Crippen molar-refractivity contribution in [2.45, 2.75) is 33.7 Å². The summed E-state index contributed by atoms with van der Waals surface area (Å²) in [6.45, 7) is 7.94. The van der Waals surface area contributed by atoms with Crippen LogP contribution >= 0.6 is 11.3 Å². The van der Waals surface area contributed by atoms with Crippen LogP contribution in [-0.2, 0) is 4.79 Å². The lowest BCUT2D eigenvalue weighted by atomic mass is 10.2. The second-order valence-corrected chi connectivity index (χ2v) is 7.25. The fourth-order valence-electron chi connectivity index (χ4n) is 2.02. The van der Waals surface area contributed by atoms with Gasteiger partial charge in [0.1, 0.15) is 22.4 Å². The van der Waals surface area contributed by atoms with Crippen LogP contribution in [0.1, 0.15) is 38.1 Å². The number of benzene rings is 1. The summed E-state index contributed by atoms with van der Waals surface area (Å²) in [5.41, 5.74) is 0.373. The van der Waals surface area contributed by atoms with E-state index in [0.717, 1.165) is 0 Å². The van der Waals surface area contributed by atoms with E-state index in [9.17, 15) is 10.1 Å². The lowest BCUT2D eigenvalue weighted by Crippen LogP contribution is -2.28. The van der Waals surface area contributed by atoms with Gasteiger partial charge in [0.25, 0.3) is 5.19 Å². The van der Waals surface area contributed by atoms with Crippen LogP contribution in [0.25, 0.3) is 0 Å². The number of carbonyl (C=O) groups is 1. The predicted octanol–water partition coefficient (Wildman–Crippen LogP) is 3.72. The minimum Gasteiger partial charge on any atom is -0.493 e. The average Bonchev–Trinajstić information content (AvgIpc) is 3.06. The van der Waals surface area contributed by atoms with Crippen molar-refractivity contribution in [3.63, 3.8) is 0 Å². The summed E-state index contributed by atoms with van der Waals surface area (Å²) in [6.07, 6.45) is 1.60. The largest absolute Gasteiger partial charge is 0.493 e. The molecular formula is C20H21N3O3S. The summed E-state index contributed by atoms with van der Waals surface area (Å²) in [5, 5.41) is 12.4. The van der Waals surface area contributed by atoms with Gasteiger partial charge in [-0.1, -0.05) is 37.0 Å². The number of nitrogens with zero attached hydrogens (tertiary/aromatic N) is 2. The minimum absolute atomic E-state index is 0.130. The highest BCUT2D eigenvalue weighted by Gasteiger charge is 2.10. The van der Waals surface area contributed by atoms with E-state index in [1.54, 1.807) is 31.3 Å². The van der Waals surface area contributed by atoms with Gasteiger partial charge in [0.2, 0.25) is 5.91 Å². The van der Waals surface area contributed by atoms with E-state index in [1.807, 2.05) is 0 Å². The smallest absolute Gasteiger partial charge is 0.279 e. The Balaban J connectivity index is 2.07. The van der Waals surface area contributed by atoms with Gasteiger partial charge in [0.05, 0.1) is 24.4 Å². The van der Waals surface area contributed by atoms with Gasteiger partial charge in [-0.2, -0.15) is 5.26 Å². The van der Waals surface area contributed by atoms with Crippen molar-refractivity contribution in [3.8, 4) is 34.6 Å². The van der Waals surface area contributed by atoms with Crippen molar-refractivity contribution < 1.29 is 14.3 Å². The molecule has 1 amide bonds. The van der Waals surface area contributed by atoms with Crippen molar-refractivity contribution in [2.24, 2.45) is 5.92 Å². The lowest BCUT2D eigenvalue weighted by molar-refractivity contribution is -0.119. The molecule has 0 bridgehead atoms. The van der Waals surface area contributed by atoms with E-state index in [1.165, 1.54) is 18.3 Å². The number of rotatable bonds is 6. The van der Waals surface area contributed by atoms with Gasteiger partial charge in [0.15, 0.2) is 0 Å². The molecule has 1 N–H and O–H groups in total. The number of carbonyl (C=O) groups excluding carboxylic acids is 1. The standard InChI is InChI=1S/C20H21N3O3S/c1-13(2)12-25-17-6-8-19(16(9-17)10-21)26-20-22-11-18(27-20)7-5-14(3)23-15(4)24/h6,8-9,11,13-14H,12H2,1-4H3,(H,23,24). The maximum Gasteiger partial charge on any atom is 0.279 e. The molecule has 140 valence electrons. The van der Waals surface area contributed by atoms with Gasteiger partial charge in [0, 0.05) is 13.0 Å². The van der Waals surface area contributed by atoms with E-state index in [-0.39, 0.29) is 11.9 Å². The number of hydrogen-bond acceptors (Lipinski definition) is 6. The van der Waals surface area contributed by atoms with Crippen molar-refractivity contribution in [1.82, 2.24) is 10.3 Å². The van der Waals surface area contributed by atoms with Crippen LogP contribution in [-0.4, -0.2) is 23.5 Å². The van der Waals surface area contributed by atoms with Crippen LogP contribution < -0.4 is 14.8 Å². The van der Waals surface area contributed by atoms with E-state index in [4.69, 9.17) is 9.47 Å². The van der Waals surface area contributed by atoms with Crippen molar-refractivity contribution >= 4 is 17.2 Å². The molecule has 0 saturated heterocycles. The molecule has 6 nitrogen and oxygen atoms in total. The van der Waals surface area contributed by atoms with E-state index >= 15 is 0 Å². The topological polar surface area (TPSA) is 84.2 Å². The summed E-state index contributed by atoms with van der Waals surface area (Å²) in [7, 11) is 0. The Hall–Kier alpha value is -3.03. The molecule has 0 aliphatic rings. The fraction of sp³-hybridized carbons (Fsp3) is 0.350. The third kappa shape index (κ3) is 6.65. The number of aromatic nitrogens is 1. The maximum atomic E-state index is 11.0. The Morgan fingerprint density at radius 2 is 2.15 bits per heavy atom. The van der Waals surface area contributed by atoms with Crippen LogP contribution in [0.5, 0.6) is 16.7 Å². The monoisotopic (exact) mass is 383 g/mol. The minimum atomic E-state index is -0.252. The number of nitriles is 1. The third-order valence-corrected chi connectivity index (χ3v) is 3.96. The van der Waals surface area contributed by atoms with Gasteiger partial charge in [-0.25, -0.2) is 4.98 Å². The molecule has 2 aromatic rings. The normalized spacial score (nSPS) is 11.1. The van der Waals surface area contributed by atoms with Crippen molar-refractivity contribution in [3.05, 3.63) is 34.8 Å². The highest BCUT2D eigenvalue weighted by Crippen LogP contribution is 2.30. The molecule has 0 saturated carbocycles. The molecule has 7 heteroatoms. The highest BCUT2D eigenvalue weighted by molar-refractivity contribution is 7.13. The van der Waals surface area contributed by atoms with Gasteiger partial charge < -0.3 is 14.8 Å². The fourth-order valence-corrected chi connectivity index (χ4v) is 2.66. The molecular weight excluding hydrogens is 362 g/mol. The van der Waals surface area contributed by atoms with Crippen LogP contribution in [0.4, 0.5) is 0 Å². The first-order chi connectivity index (χ1) is 12.9. The third-order valence-electron chi connectivity index (χ3n) is 3.17. The van der Waals surface area contributed by atoms with Gasteiger partial charge in [-0.05, 0) is 25.0 Å². The van der Waals surface area contributed by atoms with Crippen LogP contribution in [0, 0.1) is 29.1 Å². The number of thiazole rings is 1. The molecule has 1 atom stereocenters. The van der Waals surface area contributed by atoms with E-state index in [2.05, 4.69) is 42.1 Å². The quantitative estimate of drug-likeness (QED) is 0.769. The van der Waals surface area contributed by atoms with E-state index < -0.39 is 0 Å². The summed E-state index contributed by atoms with van der Waals surface area (Å²) >= 11 is 1.27. The summed E-state index contributed by atoms with van der Waals surface area (Å²) in [5.74, 6) is 7.18. The van der Waals surface area contributed by atoms with Gasteiger partial charge >= 0.3 is 0 Å². The second-order valence-electron chi connectivity index (χ2n) is 6.26. The lowest BCUT2D eigenvalue weighted by Gasteiger charge is -2.10. The summed E-state index contributed by atoms with van der Waals surface area (Å²) < 4.78 is 11.4. The Bertz CT molecular complexity index is 903. The molecule has 0 aliphatic carbocycles. The summed E-state index contributed by atoms with van der Waals surface area (Å²) in [6, 6.07) is 6.97. The zero-order valence-electron chi connectivity index (χ0n) is 15.7. The zero-order valence-corrected chi connectivity index (χ0v) is 16.5. The summed E-state index contributed by atoms with van der Waals surface area (Å²) in [4.78, 5) is 15.9. The molecule has 1 heterocycles. The van der Waals surface area contributed by atoms with Crippen LogP contribution in [0.15, 0.2) is 24.4 Å². The predicted molar refractivity (Wildman–Crippen MR) is 104 cm³/mol. The first kappa shape index (κ1) is 20.3. The zero-order chi connectivity index (χ0) is 19.8. The molecule has 1 unspecified atom stereocenters. The molecule has 2 rings (SSSR count). The molecule has 1 aromatic carbocycles. The average molecular weight is 383 g/mol. The molecule has 0 radical (unpaired) electrons. The first-order valence-electron chi connectivity index (χ1n) is 8.46. The van der Waals surface area contributed by atoms with Gasteiger partial charge in [-0.3, -0.25) is 4.79 Å². The number of hydrogen-bond donors (Lipinski definition) is 1. The molecule has 0 aliphatic heterocycles. The Kier molecular flexibility index (Phi) is 7.22. The van der Waals surface area contributed by atoms with E-state index in [0.29, 0.717) is 39.7 Å². The molecule has 27 heavy (non-hydrogen) atoms. The Morgan fingerprint density at radius 3 is 2.81 bits per heavy atom. The maximum absolute atomic E-state index is 11.0. The second kappa shape index (κ2) is 9.61. The van der Waals surface area contributed by atoms with Crippen LogP contribution in [0.3, 0.4) is 0 Å². The number of amides is 1. The van der Waals surface area contributed by atoms with Crippen LogP contribution in [0.2, 0.25) is 0 Å². The van der Waals surface area contributed by atoms with Crippen molar-refractivity contribution in [1.29, 1.82) is 5.26 Å². The highest BCUT2D eigenvalue weighted by atomic mass is 32.1. The SMILES string of the molecule is CC(=O)NC(C)C#Cc1cnc(Oc2ccc(OCC(C)C)cc2C#N)s1. The van der Waals surface area contributed by atoms with Gasteiger partial charge in [-0.15, -0.1) is 0 Å².